The summed E-state index contributed by atoms with van der Waals surface area (Å²) < 4.78 is 0. The average Bonchev–Trinajstić information content (AvgIpc) is 2.61. The van der Waals surface area contributed by atoms with Crippen LogP contribution < -0.4 is 11.1 Å². The Hall–Kier alpha value is -1.96. The minimum atomic E-state index is -0.386. The fourth-order valence-corrected chi connectivity index (χ4v) is 3.53. The Labute approximate surface area is 162 Å². The molecule has 2 amide bonds. The lowest BCUT2D eigenvalue weighted by Crippen LogP contribution is -2.30. The molecule has 0 bridgehead atoms. The fraction of sp³-hybridized carbons (Fsp3) is 0.263. The number of carbonyl (C=O) groups is 2. The van der Waals surface area contributed by atoms with E-state index in [-0.39, 0.29) is 24.1 Å². The molecular weight excluding hydrogens is 366 g/mol. The van der Waals surface area contributed by atoms with E-state index in [1.54, 1.807) is 11.8 Å². The molecule has 0 saturated heterocycles. The predicted molar refractivity (Wildman–Crippen MR) is 110 cm³/mol. The number of likely N-dealkylation sites (N-methyl/N-ethyl adjacent to an activating group) is 1. The Kier molecular flexibility index (Phi) is 8.03. The van der Waals surface area contributed by atoms with Gasteiger partial charge in [0.15, 0.2) is 0 Å². The van der Waals surface area contributed by atoms with Gasteiger partial charge in [-0.3, -0.25) is 14.5 Å². The van der Waals surface area contributed by atoms with E-state index in [1.165, 1.54) is 16.7 Å². The zero-order valence-electron chi connectivity index (χ0n) is 14.9. The number of rotatable bonds is 9. The highest BCUT2D eigenvalue weighted by Crippen LogP contribution is 2.26. The van der Waals surface area contributed by atoms with Gasteiger partial charge in [0.1, 0.15) is 0 Å². The van der Waals surface area contributed by atoms with Crippen LogP contribution in [0, 0.1) is 0 Å². The smallest absolute Gasteiger partial charge is 0.238 e. The largest absolute Gasteiger partial charge is 0.369 e. The molecule has 2 rings (SSSR count). The number of nitrogens with one attached hydrogen (secondary N) is 1. The number of nitrogens with zero attached hydrogens (tertiary/aromatic N) is 1. The van der Waals surface area contributed by atoms with Crippen molar-refractivity contribution in [3.63, 3.8) is 0 Å². The van der Waals surface area contributed by atoms with Crippen LogP contribution in [0.4, 0.5) is 5.69 Å². The average molecular weight is 390 g/mol. The zero-order valence-corrected chi connectivity index (χ0v) is 16.5. The monoisotopic (exact) mass is 389 g/mol. The topological polar surface area (TPSA) is 75.4 Å². The summed E-state index contributed by atoms with van der Waals surface area (Å²) in [5.41, 5.74) is 7.05. The van der Waals surface area contributed by atoms with E-state index < -0.39 is 0 Å². The summed E-state index contributed by atoms with van der Waals surface area (Å²) in [5, 5.41) is 2.91. The molecule has 3 N–H and O–H groups in total. The van der Waals surface area contributed by atoms with E-state index in [1.807, 2.05) is 42.5 Å². The number of primary amides is 1. The second-order valence-electron chi connectivity index (χ2n) is 5.82. The molecule has 0 atom stereocenters. The number of nitrogens with two attached hydrogens (primary N) is 1. The van der Waals surface area contributed by atoms with Crippen molar-refractivity contribution in [2.75, 3.05) is 30.9 Å². The summed E-state index contributed by atoms with van der Waals surface area (Å²) in [7, 11) is 1.91. The van der Waals surface area contributed by atoms with Crippen molar-refractivity contribution in [2.24, 2.45) is 5.73 Å². The van der Waals surface area contributed by atoms with Gasteiger partial charge in [0.2, 0.25) is 11.8 Å². The number of amides is 2. The molecule has 0 saturated carbocycles. The molecule has 2 aromatic carbocycles. The number of benzene rings is 2. The van der Waals surface area contributed by atoms with Crippen LogP contribution in [0.25, 0.3) is 0 Å². The standard InChI is InChI=1S/C19H23N3O2S2/c1-22(11-14-7-9-15(25-2)10-8-14)12-19(24)21-16-5-3-4-6-17(16)26-13-18(20)23/h3-10H,11-13H2,1-2H3,(H2,20,23)(H,21,24). The van der Waals surface area contributed by atoms with Crippen LogP contribution in [0.15, 0.2) is 58.3 Å². The van der Waals surface area contributed by atoms with E-state index in [0.717, 1.165) is 10.5 Å². The predicted octanol–water partition coefficient (Wildman–Crippen LogP) is 3.06. The maximum absolute atomic E-state index is 12.3. The van der Waals surface area contributed by atoms with Gasteiger partial charge in [-0.1, -0.05) is 24.3 Å². The molecular formula is C19H23N3O2S2. The molecule has 0 aliphatic heterocycles. The Morgan fingerprint density at radius 3 is 2.46 bits per heavy atom. The highest BCUT2D eigenvalue weighted by Gasteiger charge is 2.11. The molecule has 0 unspecified atom stereocenters. The number of thioether (sulfide) groups is 2. The van der Waals surface area contributed by atoms with Crippen molar-refractivity contribution in [3.05, 3.63) is 54.1 Å². The third-order valence-electron chi connectivity index (χ3n) is 3.56. The molecule has 0 spiro atoms. The molecule has 0 aromatic heterocycles. The summed E-state index contributed by atoms with van der Waals surface area (Å²) in [6.07, 6.45) is 2.05. The van der Waals surface area contributed by atoms with Crippen LogP contribution in [0.5, 0.6) is 0 Å². The fourth-order valence-electron chi connectivity index (χ4n) is 2.38. The van der Waals surface area contributed by atoms with E-state index in [0.29, 0.717) is 12.2 Å². The second kappa shape index (κ2) is 10.3. The van der Waals surface area contributed by atoms with Crippen LogP contribution in [-0.2, 0) is 16.1 Å². The van der Waals surface area contributed by atoms with Crippen molar-refractivity contribution in [1.29, 1.82) is 0 Å². The van der Waals surface area contributed by atoms with Gasteiger partial charge in [0.25, 0.3) is 0 Å². The first kappa shape index (κ1) is 20.4. The lowest BCUT2D eigenvalue weighted by molar-refractivity contribution is -0.117. The summed E-state index contributed by atoms with van der Waals surface area (Å²) in [6.45, 7) is 0.971. The quantitative estimate of drug-likeness (QED) is 0.645. The molecule has 138 valence electrons. The van der Waals surface area contributed by atoms with Gasteiger partial charge in [-0.05, 0) is 43.1 Å². The van der Waals surface area contributed by atoms with Crippen molar-refractivity contribution >= 4 is 41.0 Å². The number of anilines is 1. The Balaban J connectivity index is 1.90. The van der Waals surface area contributed by atoms with E-state index in [2.05, 4.69) is 29.6 Å². The maximum atomic E-state index is 12.3. The third-order valence-corrected chi connectivity index (χ3v) is 5.40. The van der Waals surface area contributed by atoms with Gasteiger partial charge in [-0.2, -0.15) is 0 Å². The highest BCUT2D eigenvalue weighted by molar-refractivity contribution is 8.00. The van der Waals surface area contributed by atoms with Gasteiger partial charge in [0, 0.05) is 16.3 Å². The first-order valence-electron chi connectivity index (χ1n) is 8.09. The Morgan fingerprint density at radius 1 is 1.12 bits per heavy atom. The van der Waals surface area contributed by atoms with Crippen molar-refractivity contribution in [1.82, 2.24) is 4.90 Å². The van der Waals surface area contributed by atoms with Gasteiger partial charge in [-0.15, -0.1) is 23.5 Å². The number of hydrogen-bond acceptors (Lipinski definition) is 5. The van der Waals surface area contributed by atoms with Crippen molar-refractivity contribution in [2.45, 2.75) is 16.3 Å². The Bertz CT molecular complexity index is 751. The number of para-hydroxylation sites is 1. The third kappa shape index (κ3) is 6.74. The molecule has 7 heteroatoms. The molecule has 0 radical (unpaired) electrons. The highest BCUT2D eigenvalue weighted by atomic mass is 32.2. The lowest BCUT2D eigenvalue weighted by Gasteiger charge is -2.17. The van der Waals surface area contributed by atoms with Gasteiger partial charge in [-0.25, -0.2) is 0 Å². The van der Waals surface area contributed by atoms with Crippen molar-refractivity contribution in [3.8, 4) is 0 Å². The zero-order chi connectivity index (χ0) is 18.9. The van der Waals surface area contributed by atoms with Crippen LogP contribution in [0.1, 0.15) is 5.56 Å². The second-order valence-corrected chi connectivity index (χ2v) is 7.72. The van der Waals surface area contributed by atoms with Gasteiger partial charge < -0.3 is 11.1 Å². The molecule has 26 heavy (non-hydrogen) atoms. The molecule has 0 aliphatic rings. The molecule has 0 aliphatic carbocycles. The normalized spacial score (nSPS) is 10.7. The van der Waals surface area contributed by atoms with Gasteiger partial charge in [0.05, 0.1) is 18.0 Å². The van der Waals surface area contributed by atoms with E-state index in [4.69, 9.17) is 5.73 Å². The summed E-state index contributed by atoms with van der Waals surface area (Å²) in [5.74, 6) is -0.303. The Morgan fingerprint density at radius 2 is 1.81 bits per heavy atom. The first-order chi connectivity index (χ1) is 12.5. The van der Waals surface area contributed by atoms with E-state index >= 15 is 0 Å². The number of hydrogen-bond donors (Lipinski definition) is 2. The minimum absolute atomic E-state index is 0.0969. The van der Waals surface area contributed by atoms with Crippen LogP contribution in [-0.4, -0.2) is 42.3 Å². The first-order valence-corrected chi connectivity index (χ1v) is 10.3. The lowest BCUT2D eigenvalue weighted by atomic mass is 10.2. The van der Waals surface area contributed by atoms with Crippen LogP contribution >= 0.6 is 23.5 Å². The molecule has 5 nitrogen and oxygen atoms in total. The minimum Gasteiger partial charge on any atom is -0.369 e. The SMILES string of the molecule is CSc1ccc(CN(C)CC(=O)Nc2ccccc2SCC(N)=O)cc1. The maximum Gasteiger partial charge on any atom is 0.238 e. The molecule has 2 aromatic rings. The summed E-state index contributed by atoms with van der Waals surface area (Å²) in [4.78, 5) is 27.3. The van der Waals surface area contributed by atoms with Gasteiger partial charge >= 0.3 is 0 Å². The summed E-state index contributed by atoms with van der Waals surface area (Å²) in [6, 6.07) is 15.7. The van der Waals surface area contributed by atoms with E-state index in [9.17, 15) is 9.59 Å². The molecule has 0 fully saturated rings. The number of carbonyl (C=O) groups excluding carboxylic acids is 2. The molecule has 0 heterocycles. The van der Waals surface area contributed by atoms with Crippen LogP contribution in [0.2, 0.25) is 0 Å². The summed E-state index contributed by atoms with van der Waals surface area (Å²) >= 11 is 3.02. The van der Waals surface area contributed by atoms with Crippen molar-refractivity contribution < 1.29 is 9.59 Å². The van der Waals surface area contributed by atoms with Crippen LogP contribution in [0.3, 0.4) is 0 Å².